The Morgan fingerprint density at radius 2 is 2.22 bits per heavy atom. The van der Waals surface area contributed by atoms with Crippen LogP contribution < -0.4 is 10.6 Å². The number of nitrogens with zero attached hydrogens (tertiary/aromatic N) is 3. The van der Waals surface area contributed by atoms with Gasteiger partial charge in [-0.3, -0.25) is 9.79 Å². The second kappa shape index (κ2) is 10.8. The number of carbonyl (C=O) groups is 1. The van der Waals surface area contributed by atoms with Crippen LogP contribution in [0.2, 0.25) is 5.15 Å². The summed E-state index contributed by atoms with van der Waals surface area (Å²) in [5, 5.41) is 8.89. The molecule has 0 spiro atoms. The van der Waals surface area contributed by atoms with Gasteiger partial charge in [0.15, 0.2) is 5.96 Å². The van der Waals surface area contributed by atoms with Crippen molar-refractivity contribution in [1.82, 2.24) is 20.5 Å². The van der Waals surface area contributed by atoms with Gasteiger partial charge in [0.25, 0.3) is 0 Å². The van der Waals surface area contributed by atoms with Gasteiger partial charge in [0, 0.05) is 37.8 Å². The number of hydrogen-bond acceptors (Lipinski definition) is 4. The number of thiophene rings is 1. The quantitative estimate of drug-likeness (QED) is 0.276. The maximum Gasteiger partial charge on any atom is 0.242 e. The summed E-state index contributed by atoms with van der Waals surface area (Å²) in [5.74, 6) is 0.709. The molecule has 0 saturated carbocycles. The fourth-order valence-electron chi connectivity index (χ4n) is 2.83. The highest BCUT2D eigenvalue weighted by Crippen LogP contribution is 2.23. The molecule has 0 aromatic carbocycles. The first-order valence-corrected chi connectivity index (χ1v) is 9.79. The van der Waals surface area contributed by atoms with Crippen LogP contribution in [0.1, 0.15) is 16.0 Å². The third kappa shape index (κ3) is 6.32. The number of halogens is 2. The smallest absolute Gasteiger partial charge is 0.242 e. The highest BCUT2D eigenvalue weighted by molar-refractivity contribution is 14.0. The number of aromatic nitrogens is 1. The van der Waals surface area contributed by atoms with E-state index in [1.165, 1.54) is 10.4 Å². The highest BCUT2D eigenvalue weighted by Gasteiger charge is 2.21. The van der Waals surface area contributed by atoms with Gasteiger partial charge in [-0.05, 0) is 41.5 Å². The van der Waals surface area contributed by atoms with Crippen LogP contribution in [0, 0.1) is 0 Å². The van der Waals surface area contributed by atoms with E-state index in [-0.39, 0.29) is 36.4 Å². The van der Waals surface area contributed by atoms with Gasteiger partial charge in [0.1, 0.15) is 5.15 Å². The normalized spacial score (nSPS) is 13.6. The Morgan fingerprint density at radius 1 is 1.37 bits per heavy atom. The van der Waals surface area contributed by atoms with Crippen molar-refractivity contribution >= 4 is 58.8 Å². The molecule has 3 heterocycles. The number of guanidine groups is 1. The second-order valence-corrected chi connectivity index (χ2v) is 7.41. The molecule has 2 aromatic heterocycles. The number of rotatable bonds is 5. The molecule has 0 atom stereocenters. The number of hydrogen-bond donors (Lipinski definition) is 2. The van der Waals surface area contributed by atoms with Crippen molar-refractivity contribution in [3.8, 4) is 0 Å². The first-order valence-electron chi connectivity index (χ1n) is 8.53. The van der Waals surface area contributed by atoms with Crippen LogP contribution >= 0.6 is 46.9 Å². The van der Waals surface area contributed by atoms with Crippen LogP contribution in [-0.4, -0.2) is 48.4 Å². The first-order chi connectivity index (χ1) is 12.7. The van der Waals surface area contributed by atoms with E-state index in [1.54, 1.807) is 30.6 Å². The number of amides is 1. The molecule has 0 aliphatic carbocycles. The van der Waals surface area contributed by atoms with E-state index < -0.39 is 0 Å². The summed E-state index contributed by atoms with van der Waals surface area (Å²) in [4.78, 5) is 24.0. The zero-order chi connectivity index (χ0) is 18.4. The van der Waals surface area contributed by atoms with Gasteiger partial charge in [0.2, 0.25) is 5.91 Å². The number of fused-ring (bicyclic) bond motifs is 1. The zero-order valence-electron chi connectivity index (χ0n) is 15.1. The molecule has 146 valence electrons. The van der Waals surface area contributed by atoms with E-state index >= 15 is 0 Å². The summed E-state index contributed by atoms with van der Waals surface area (Å²) in [5.41, 5.74) is 2.36. The van der Waals surface area contributed by atoms with Crippen molar-refractivity contribution in [2.45, 2.75) is 19.4 Å². The van der Waals surface area contributed by atoms with Crippen molar-refractivity contribution in [3.05, 3.63) is 50.9 Å². The van der Waals surface area contributed by atoms with Gasteiger partial charge >= 0.3 is 0 Å². The minimum absolute atomic E-state index is 0. The van der Waals surface area contributed by atoms with E-state index in [4.69, 9.17) is 11.6 Å². The lowest BCUT2D eigenvalue weighted by molar-refractivity contribution is -0.130. The Hall–Kier alpha value is -1.39. The Bertz CT molecular complexity index is 780. The van der Waals surface area contributed by atoms with E-state index in [1.807, 2.05) is 11.0 Å². The zero-order valence-corrected chi connectivity index (χ0v) is 19.0. The summed E-state index contributed by atoms with van der Waals surface area (Å²) in [6, 6.07) is 5.84. The van der Waals surface area contributed by atoms with E-state index in [9.17, 15) is 4.79 Å². The lowest BCUT2D eigenvalue weighted by Crippen LogP contribution is -2.46. The van der Waals surface area contributed by atoms with Crippen molar-refractivity contribution < 1.29 is 4.79 Å². The largest absolute Gasteiger partial charge is 0.356 e. The summed E-state index contributed by atoms with van der Waals surface area (Å²) < 4.78 is 0. The fourth-order valence-corrected chi connectivity index (χ4v) is 3.83. The molecule has 6 nitrogen and oxygen atoms in total. The maximum absolute atomic E-state index is 12.4. The van der Waals surface area contributed by atoms with Gasteiger partial charge in [-0.1, -0.05) is 17.7 Å². The van der Waals surface area contributed by atoms with Crippen LogP contribution in [0.15, 0.2) is 34.8 Å². The molecule has 1 aliphatic heterocycles. The summed E-state index contributed by atoms with van der Waals surface area (Å²) in [6.07, 6.45) is 3.51. The number of pyridine rings is 1. The molecule has 9 heteroatoms. The average Bonchev–Trinajstić information content (AvgIpc) is 3.13. The molecule has 3 rings (SSSR count). The minimum atomic E-state index is 0. The standard InChI is InChI=1S/C18H22ClN5OS.HI/c1-20-18(21-7-4-13-2-3-16(19)22-10-13)23-11-17(25)24-8-5-15-14(12-24)6-9-26-15;/h2-3,6,9-10H,4-5,7-8,11-12H2,1H3,(H2,20,21,23);1H. The van der Waals surface area contributed by atoms with Gasteiger partial charge < -0.3 is 15.5 Å². The molecule has 0 saturated heterocycles. The van der Waals surface area contributed by atoms with E-state index in [0.29, 0.717) is 24.2 Å². The Kier molecular flexibility index (Phi) is 8.78. The minimum Gasteiger partial charge on any atom is -0.356 e. The van der Waals surface area contributed by atoms with Crippen LogP contribution in [0.3, 0.4) is 0 Å². The third-order valence-corrected chi connectivity index (χ3v) is 5.53. The van der Waals surface area contributed by atoms with Crippen LogP contribution in [-0.2, 0) is 24.2 Å². The molecule has 2 aromatic rings. The Balaban J connectivity index is 0.00000261. The molecule has 27 heavy (non-hydrogen) atoms. The average molecular weight is 520 g/mol. The first kappa shape index (κ1) is 21.9. The molecule has 1 aliphatic rings. The van der Waals surface area contributed by atoms with Crippen molar-refractivity contribution in [3.63, 3.8) is 0 Å². The third-order valence-electron chi connectivity index (χ3n) is 4.29. The van der Waals surface area contributed by atoms with Gasteiger partial charge in [0.05, 0.1) is 6.54 Å². The summed E-state index contributed by atoms with van der Waals surface area (Å²) in [6.45, 7) is 2.42. The second-order valence-electron chi connectivity index (χ2n) is 6.03. The number of aliphatic imine (C=N–C) groups is 1. The van der Waals surface area contributed by atoms with Crippen LogP contribution in [0.5, 0.6) is 0 Å². The number of nitrogens with one attached hydrogen (secondary N) is 2. The topological polar surface area (TPSA) is 69.6 Å². The van der Waals surface area contributed by atoms with Crippen LogP contribution in [0.4, 0.5) is 0 Å². The summed E-state index contributed by atoms with van der Waals surface area (Å²) >= 11 is 7.56. The van der Waals surface area contributed by atoms with Crippen molar-refractivity contribution in [1.29, 1.82) is 0 Å². The highest BCUT2D eigenvalue weighted by atomic mass is 127. The molecule has 0 fully saturated rings. The van der Waals surface area contributed by atoms with Crippen LogP contribution in [0.25, 0.3) is 0 Å². The predicted octanol–water partition coefficient (Wildman–Crippen LogP) is 2.71. The van der Waals surface area contributed by atoms with Crippen molar-refractivity contribution in [2.24, 2.45) is 4.99 Å². The van der Waals surface area contributed by atoms with E-state index in [0.717, 1.165) is 24.9 Å². The molecule has 1 amide bonds. The SMILES string of the molecule is CN=C(NCCc1ccc(Cl)nc1)NCC(=O)N1CCc2sccc2C1.I. The summed E-state index contributed by atoms with van der Waals surface area (Å²) in [7, 11) is 1.70. The Labute approximate surface area is 185 Å². The van der Waals surface area contributed by atoms with Crippen molar-refractivity contribution in [2.75, 3.05) is 26.7 Å². The molecular weight excluding hydrogens is 497 g/mol. The number of carbonyl (C=O) groups excluding carboxylic acids is 1. The maximum atomic E-state index is 12.4. The lowest BCUT2D eigenvalue weighted by atomic mass is 10.1. The van der Waals surface area contributed by atoms with E-state index in [2.05, 4.69) is 32.1 Å². The monoisotopic (exact) mass is 519 g/mol. The Morgan fingerprint density at radius 3 is 2.96 bits per heavy atom. The predicted molar refractivity (Wildman–Crippen MR) is 121 cm³/mol. The molecule has 0 bridgehead atoms. The molecule has 0 radical (unpaired) electrons. The lowest BCUT2D eigenvalue weighted by Gasteiger charge is -2.27. The van der Waals surface area contributed by atoms with Gasteiger partial charge in [-0.2, -0.15) is 0 Å². The fraction of sp³-hybridized carbons (Fsp3) is 0.389. The molecular formula is C18H23ClIN5OS. The molecule has 0 unspecified atom stereocenters. The van der Waals surface area contributed by atoms with Gasteiger partial charge in [-0.25, -0.2) is 4.98 Å². The molecule has 2 N–H and O–H groups in total. The van der Waals surface area contributed by atoms with Gasteiger partial charge in [-0.15, -0.1) is 35.3 Å².